The maximum absolute atomic E-state index is 12.8. The predicted molar refractivity (Wildman–Crippen MR) is 85.4 cm³/mol. The number of amidine groups is 1. The summed E-state index contributed by atoms with van der Waals surface area (Å²) in [6.07, 6.45) is 0.00170. The Labute approximate surface area is 131 Å². The first-order valence-corrected chi connectivity index (χ1v) is 7.44. The average Bonchev–Trinajstić information content (AvgIpc) is 2.79. The van der Waals surface area contributed by atoms with Crippen LogP contribution in [0, 0.1) is 5.82 Å². The van der Waals surface area contributed by atoms with E-state index >= 15 is 0 Å². The molecular formula is C14H15FN4O2S. The Morgan fingerprint density at radius 2 is 2.05 bits per heavy atom. The summed E-state index contributed by atoms with van der Waals surface area (Å²) >= 11 is 1.16. The zero-order valence-electron chi connectivity index (χ0n) is 12.1. The van der Waals surface area contributed by atoms with Crippen molar-refractivity contribution in [1.29, 1.82) is 0 Å². The van der Waals surface area contributed by atoms with Gasteiger partial charge < -0.3 is 10.6 Å². The number of nitrogens with one attached hydrogen (secondary N) is 2. The number of amides is 2. The number of carbonyl (C=O) groups excluding carboxylic acids is 2. The highest BCUT2D eigenvalue weighted by molar-refractivity contribution is 8.15. The summed E-state index contributed by atoms with van der Waals surface area (Å²) in [5, 5.41) is 12.8. The van der Waals surface area contributed by atoms with Crippen molar-refractivity contribution in [1.82, 2.24) is 5.32 Å². The van der Waals surface area contributed by atoms with Gasteiger partial charge in [-0.3, -0.25) is 9.59 Å². The molecule has 0 spiro atoms. The zero-order chi connectivity index (χ0) is 16.1. The van der Waals surface area contributed by atoms with Gasteiger partial charge in [-0.15, -0.1) is 5.10 Å². The first kappa shape index (κ1) is 16.2. The number of anilines is 1. The molecule has 2 amide bonds. The van der Waals surface area contributed by atoms with Crippen molar-refractivity contribution in [3.8, 4) is 0 Å². The van der Waals surface area contributed by atoms with Crippen LogP contribution in [-0.2, 0) is 9.59 Å². The van der Waals surface area contributed by atoms with Crippen molar-refractivity contribution >= 4 is 40.1 Å². The number of nitrogens with zero attached hydrogens (tertiary/aromatic N) is 2. The van der Waals surface area contributed by atoms with E-state index in [1.807, 2.05) is 0 Å². The molecule has 1 atom stereocenters. The predicted octanol–water partition coefficient (Wildman–Crippen LogP) is 2.14. The van der Waals surface area contributed by atoms with E-state index in [-0.39, 0.29) is 24.1 Å². The molecular weight excluding hydrogens is 307 g/mol. The second-order valence-electron chi connectivity index (χ2n) is 4.81. The third-order valence-electron chi connectivity index (χ3n) is 2.62. The molecule has 0 aromatic heterocycles. The Morgan fingerprint density at radius 1 is 1.36 bits per heavy atom. The van der Waals surface area contributed by atoms with Crippen LogP contribution in [0.4, 0.5) is 10.1 Å². The van der Waals surface area contributed by atoms with Crippen LogP contribution in [-0.4, -0.2) is 27.9 Å². The largest absolute Gasteiger partial charge is 0.326 e. The van der Waals surface area contributed by atoms with Crippen molar-refractivity contribution < 1.29 is 14.0 Å². The molecule has 22 heavy (non-hydrogen) atoms. The number of carbonyl (C=O) groups is 2. The Balaban J connectivity index is 1.92. The molecule has 0 bridgehead atoms. The van der Waals surface area contributed by atoms with Gasteiger partial charge in [-0.2, -0.15) is 5.10 Å². The summed E-state index contributed by atoms with van der Waals surface area (Å²) in [5.41, 5.74) is 1.25. The first-order valence-electron chi connectivity index (χ1n) is 6.56. The fourth-order valence-corrected chi connectivity index (χ4v) is 2.56. The van der Waals surface area contributed by atoms with Crippen LogP contribution >= 0.6 is 11.8 Å². The minimum atomic E-state index is -0.549. The molecule has 0 aliphatic carbocycles. The Hall–Kier alpha value is -2.22. The average molecular weight is 322 g/mol. The zero-order valence-corrected chi connectivity index (χ0v) is 12.9. The number of halogens is 1. The quantitative estimate of drug-likeness (QED) is 0.658. The van der Waals surface area contributed by atoms with Gasteiger partial charge in [0.25, 0.3) is 0 Å². The van der Waals surface area contributed by atoms with Crippen LogP contribution in [0.2, 0.25) is 0 Å². The van der Waals surface area contributed by atoms with Crippen molar-refractivity contribution in [2.24, 2.45) is 10.2 Å². The van der Waals surface area contributed by atoms with Gasteiger partial charge in [0.15, 0.2) is 5.17 Å². The molecule has 116 valence electrons. The number of hydrogen-bond donors (Lipinski definition) is 2. The second kappa shape index (κ2) is 7.17. The molecule has 8 heteroatoms. The summed E-state index contributed by atoms with van der Waals surface area (Å²) in [7, 11) is 0. The molecule has 1 saturated heterocycles. The van der Waals surface area contributed by atoms with E-state index in [0.717, 1.165) is 17.5 Å². The SMILES string of the molecule is CC(C)=N/N=C1\NC(=O)C(CC(=O)Nc2ccc(F)cc2)S1. The minimum absolute atomic E-state index is 0.00170. The van der Waals surface area contributed by atoms with Gasteiger partial charge in [-0.05, 0) is 38.1 Å². The normalized spacial score (nSPS) is 19.0. The fourth-order valence-electron chi connectivity index (χ4n) is 1.65. The molecule has 6 nitrogen and oxygen atoms in total. The highest BCUT2D eigenvalue weighted by Crippen LogP contribution is 2.23. The van der Waals surface area contributed by atoms with Crippen molar-refractivity contribution in [2.45, 2.75) is 25.5 Å². The highest BCUT2D eigenvalue weighted by atomic mass is 32.2. The van der Waals surface area contributed by atoms with Crippen molar-refractivity contribution in [3.05, 3.63) is 30.1 Å². The molecule has 1 aromatic rings. The number of benzene rings is 1. The maximum Gasteiger partial charge on any atom is 0.240 e. The second-order valence-corrected chi connectivity index (χ2v) is 6.00. The monoisotopic (exact) mass is 322 g/mol. The van der Waals surface area contributed by atoms with Gasteiger partial charge in [-0.25, -0.2) is 4.39 Å². The molecule has 1 fully saturated rings. The first-order chi connectivity index (χ1) is 10.4. The summed E-state index contributed by atoms with van der Waals surface area (Å²) < 4.78 is 12.8. The van der Waals surface area contributed by atoms with E-state index in [2.05, 4.69) is 20.8 Å². The molecule has 1 aromatic carbocycles. The molecule has 0 saturated carbocycles. The Kier molecular flexibility index (Phi) is 5.26. The topological polar surface area (TPSA) is 82.9 Å². The summed E-state index contributed by atoms with van der Waals surface area (Å²) in [4.78, 5) is 23.7. The summed E-state index contributed by atoms with van der Waals surface area (Å²) in [5.74, 6) is -0.978. The van der Waals surface area contributed by atoms with E-state index in [1.54, 1.807) is 13.8 Å². The van der Waals surface area contributed by atoms with Crippen LogP contribution in [0.5, 0.6) is 0 Å². The Bertz CT molecular complexity index is 639. The maximum atomic E-state index is 12.8. The van der Waals surface area contributed by atoms with Gasteiger partial charge in [0.2, 0.25) is 11.8 Å². The van der Waals surface area contributed by atoms with E-state index in [9.17, 15) is 14.0 Å². The summed E-state index contributed by atoms with van der Waals surface area (Å²) in [6, 6.07) is 5.42. The fraction of sp³-hybridized carbons (Fsp3) is 0.286. The molecule has 1 aliphatic rings. The number of hydrogen-bond acceptors (Lipinski definition) is 5. The lowest BCUT2D eigenvalue weighted by Gasteiger charge is -2.07. The van der Waals surface area contributed by atoms with E-state index < -0.39 is 5.25 Å². The molecule has 1 heterocycles. The van der Waals surface area contributed by atoms with Gasteiger partial charge in [0, 0.05) is 17.8 Å². The van der Waals surface area contributed by atoms with Crippen molar-refractivity contribution in [2.75, 3.05) is 5.32 Å². The van der Waals surface area contributed by atoms with Crippen LogP contribution in [0.3, 0.4) is 0 Å². The van der Waals surface area contributed by atoms with Gasteiger partial charge in [0.1, 0.15) is 11.1 Å². The molecule has 1 unspecified atom stereocenters. The number of thioether (sulfide) groups is 1. The summed E-state index contributed by atoms with van der Waals surface area (Å²) in [6.45, 7) is 3.58. The lowest BCUT2D eigenvalue weighted by molar-refractivity contribution is -0.122. The van der Waals surface area contributed by atoms with Gasteiger partial charge in [0.05, 0.1) is 0 Å². The lowest BCUT2D eigenvalue weighted by Crippen LogP contribution is -2.28. The standard InChI is InChI=1S/C14H15FN4O2S/c1-8(2)18-19-14-17-13(21)11(22-14)7-12(20)16-10-5-3-9(15)4-6-10/h3-6,11H,7H2,1-2H3,(H,16,20)(H,17,19,21). The Morgan fingerprint density at radius 3 is 2.68 bits per heavy atom. The van der Waals surface area contributed by atoms with Crippen LogP contribution in [0.1, 0.15) is 20.3 Å². The molecule has 0 radical (unpaired) electrons. The highest BCUT2D eigenvalue weighted by Gasteiger charge is 2.32. The van der Waals surface area contributed by atoms with Gasteiger partial charge >= 0.3 is 0 Å². The van der Waals surface area contributed by atoms with Crippen LogP contribution in [0.25, 0.3) is 0 Å². The van der Waals surface area contributed by atoms with E-state index in [4.69, 9.17) is 0 Å². The molecule has 1 aliphatic heterocycles. The smallest absolute Gasteiger partial charge is 0.240 e. The van der Waals surface area contributed by atoms with Crippen molar-refractivity contribution in [3.63, 3.8) is 0 Å². The minimum Gasteiger partial charge on any atom is -0.326 e. The van der Waals surface area contributed by atoms with Gasteiger partial charge in [-0.1, -0.05) is 11.8 Å². The number of rotatable bonds is 4. The van der Waals surface area contributed by atoms with E-state index in [0.29, 0.717) is 10.9 Å². The molecule has 2 rings (SSSR count). The molecule has 2 N–H and O–H groups in total. The van der Waals surface area contributed by atoms with E-state index in [1.165, 1.54) is 24.3 Å². The van der Waals surface area contributed by atoms with Crippen LogP contribution < -0.4 is 10.6 Å². The third-order valence-corrected chi connectivity index (χ3v) is 3.69. The lowest BCUT2D eigenvalue weighted by atomic mass is 10.2. The van der Waals surface area contributed by atoms with Crippen LogP contribution in [0.15, 0.2) is 34.5 Å². The third kappa shape index (κ3) is 4.66.